The highest BCUT2D eigenvalue weighted by atomic mass is 16.6. The van der Waals surface area contributed by atoms with Gasteiger partial charge in [-0.1, -0.05) is 30.3 Å². The van der Waals surface area contributed by atoms with Gasteiger partial charge in [-0.15, -0.1) is 0 Å². The van der Waals surface area contributed by atoms with Crippen LogP contribution in [-0.2, 0) is 11.3 Å². The number of rotatable bonds is 4. The Morgan fingerprint density at radius 3 is 2.84 bits per heavy atom. The predicted octanol–water partition coefficient (Wildman–Crippen LogP) is 2.01. The molecular formula is C15H20N2O2. The van der Waals surface area contributed by atoms with Crippen molar-refractivity contribution in [3.8, 4) is 0 Å². The number of fused-ring (bicyclic) bond motifs is 1. The number of nitrogens with one attached hydrogen (secondary N) is 1. The quantitative estimate of drug-likeness (QED) is 0.900. The summed E-state index contributed by atoms with van der Waals surface area (Å²) in [6.45, 7) is 1.08. The maximum absolute atomic E-state index is 11.9. The molecule has 1 amide bonds. The van der Waals surface area contributed by atoms with Crippen molar-refractivity contribution in [1.29, 1.82) is 0 Å². The Morgan fingerprint density at radius 2 is 2.16 bits per heavy atom. The molecule has 0 aromatic heterocycles. The third kappa shape index (κ3) is 3.07. The predicted molar refractivity (Wildman–Crippen MR) is 72.7 cm³/mol. The van der Waals surface area contributed by atoms with E-state index in [1.54, 1.807) is 11.9 Å². The molecule has 4 heteroatoms. The van der Waals surface area contributed by atoms with Gasteiger partial charge < -0.3 is 15.0 Å². The molecule has 1 saturated heterocycles. The molecule has 1 aromatic rings. The van der Waals surface area contributed by atoms with Gasteiger partial charge in [-0.05, 0) is 24.3 Å². The Hall–Kier alpha value is -1.55. The smallest absolute Gasteiger partial charge is 0.409 e. The minimum atomic E-state index is -0.244. The molecule has 1 aromatic carbocycles. The molecule has 0 spiro atoms. The molecule has 0 bridgehead atoms. The summed E-state index contributed by atoms with van der Waals surface area (Å²) < 4.78 is 5.30. The van der Waals surface area contributed by atoms with Crippen LogP contribution in [0.25, 0.3) is 0 Å². The molecule has 102 valence electrons. The molecule has 19 heavy (non-hydrogen) atoms. The molecule has 1 saturated carbocycles. The van der Waals surface area contributed by atoms with Crippen molar-refractivity contribution in [2.45, 2.75) is 31.5 Å². The highest BCUT2D eigenvalue weighted by Crippen LogP contribution is 2.40. The van der Waals surface area contributed by atoms with Crippen LogP contribution < -0.4 is 5.32 Å². The molecule has 1 aliphatic carbocycles. The Balaban J connectivity index is 1.42. The first-order valence-corrected chi connectivity index (χ1v) is 6.90. The van der Waals surface area contributed by atoms with Gasteiger partial charge in [-0.3, -0.25) is 0 Å². The lowest BCUT2D eigenvalue weighted by atomic mass is 10.2. The first-order chi connectivity index (χ1) is 9.22. The van der Waals surface area contributed by atoms with Gasteiger partial charge in [-0.25, -0.2) is 4.79 Å². The third-order valence-electron chi connectivity index (χ3n) is 3.97. The number of likely N-dealkylation sites (N-methyl/N-ethyl adjacent to an activating group) is 1. The van der Waals surface area contributed by atoms with Crippen molar-refractivity contribution < 1.29 is 9.53 Å². The van der Waals surface area contributed by atoms with Gasteiger partial charge in [0, 0.05) is 25.7 Å². The van der Waals surface area contributed by atoms with E-state index in [9.17, 15) is 4.79 Å². The highest BCUT2D eigenvalue weighted by Gasteiger charge is 2.45. The SMILES string of the molecule is CN(CC1CC2CC2N1)C(=O)OCc1ccccc1. The number of carbonyl (C=O) groups is 1. The molecule has 4 nitrogen and oxygen atoms in total. The van der Waals surface area contributed by atoms with Crippen LogP contribution >= 0.6 is 0 Å². The lowest BCUT2D eigenvalue weighted by Gasteiger charge is -2.22. The largest absolute Gasteiger partial charge is 0.445 e. The zero-order chi connectivity index (χ0) is 13.2. The first-order valence-electron chi connectivity index (χ1n) is 6.90. The first kappa shape index (κ1) is 12.5. The van der Waals surface area contributed by atoms with Crippen LogP contribution in [0.5, 0.6) is 0 Å². The average molecular weight is 260 g/mol. The fraction of sp³-hybridized carbons (Fsp3) is 0.533. The van der Waals surface area contributed by atoms with Crippen LogP contribution in [-0.4, -0.2) is 36.7 Å². The van der Waals surface area contributed by atoms with Crippen molar-refractivity contribution in [1.82, 2.24) is 10.2 Å². The third-order valence-corrected chi connectivity index (χ3v) is 3.97. The molecule has 3 unspecified atom stereocenters. The Bertz CT molecular complexity index is 439. The normalized spacial score (nSPS) is 27.7. The number of nitrogens with zero attached hydrogens (tertiary/aromatic N) is 1. The summed E-state index contributed by atoms with van der Waals surface area (Å²) in [7, 11) is 1.80. The zero-order valence-electron chi connectivity index (χ0n) is 11.2. The molecule has 1 aliphatic heterocycles. The lowest BCUT2D eigenvalue weighted by Crippen LogP contribution is -2.40. The van der Waals surface area contributed by atoms with E-state index in [1.807, 2.05) is 30.3 Å². The van der Waals surface area contributed by atoms with E-state index < -0.39 is 0 Å². The van der Waals surface area contributed by atoms with Gasteiger partial charge in [0.1, 0.15) is 6.61 Å². The van der Waals surface area contributed by atoms with E-state index in [0.29, 0.717) is 12.6 Å². The van der Waals surface area contributed by atoms with Crippen LogP contribution in [0.4, 0.5) is 4.79 Å². The van der Waals surface area contributed by atoms with Crippen molar-refractivity contribution in [2.24, 2.45) is 5.92 Å². The second-order valence-corrected chi connectivity index (χ2v) is 5.62. The number of hydrogen-bond donors (Lipinski definition) is 1. The maximum Gasteiger partial charge on any atom is 0.409 e. The number of amides is 1. The Kier molecular flexibility index (Phi) is 3.42. The lowest BCUT2D eigenvalue weighted by molar-refractivity contribution is 0.102. The van der Waals surface area contributed by atoms with Gasteiger partial charge >= 0.3 is 6.09 Å². The summed E-state index contributed by atoms with van der Waals surface area (Å²) in [5.41, 5.74) is 1.02. The van der Waals surface area contributed by atoms with Gasteiger partial charge in [-0.2, -0.15) is 0 Å². The summed E-state index contributed by atoms with van der Waals surface area (Å²) in [5, 5.41) is 3.54. The Labute approximate surface area is 113 Å². The van der Waals surface area contributed by atoms with E-state index in [2.05, 4.69) is 5.32 Å². The van der Waals surface area contributed by atoms with Crippen molar-refractivity contribution >= 4 is 6.09 Å². The fourth-order valence-electron chi connectivity index (χ4n) is 2.81. The fourth-order valence-corrected chi connectivity index (χ4v) is 2.81. The minimum Gasteiger partial charge on any atom is -0.445 e. The topological polar surface area (TPSA) is 41.6 Å². The van der Waals surface area contributed by atoms with Crippen LogP contribution in [0.1, 0.15) is 18.4 Å². The van der Waals surface area contributed by atoms with Crippen LogP contribution in [0.2, 0.25) is 0 Å². The summed E-state index contributed by atoms with van der Waals surface area (Å²) in [5.74, 6) is 0.860. The number of ether oxygens (including phenoxy) is 1. The minimum absolute atomic E-state index is 0.244. The van der Waals surface area contributed by atoms with E-state index >= 15 is 0 Å². The van der Waals surface area contributed by atoms with E-state index in [1.165, 1.54) is 12.8 Å². The Morgan fingerprint density at radius 1 is 1.37 bits per heavy atom. The van der Waals surface area contributed by atoms with Crippen LogP contribution in [0.3, 0.4) is 0 Å². The van der Waals surface area contributed by atoms with Gasteiger partial charge in [0.15, 0.2) is 0 Å². The van der Waals surface area contributed by atoms with Crippen molar-refractivity contribution in [3.05, 3.63) is 35.9 Å². The van der Waals surface area contributed by atoms with E-state index in [0.717, 1.165) is 24.1 Å². The molecule has 2 aliphatic rings. The standard InChI is InChI=1S/C15H20N2O2/c1-17(9-13-7-12-8-14(12)16-13)15(18)19-10-11-5-3-2-4-6-11/h2-6,12-14,16H,7-10H2,1H3. The molecule has 2 fully saturated rings. The summed E-state index contributed by atoms with van der Waals surface area (Å²) >= 11 is 0. The maximum atomic E-state index is 11.9. The molecule has 3 rings (SSSR count). The van der Waals surface area contributed by atoms with Crippen LogP contribution in [0.15, 0.2) is 30.3 Å². The monoisotopic (exact) mass is 260 g/mol. The number of benzene rings is 1. The summed E-state index contributed by atoms with van der Waals surface area (Å²) in [6, 6.07) is 10.9. The molecule has 1 N–H and O–H groups in total. The summed E-state index contributed by atoms with van der Waals surface area (Å²) in [6.07, 6.45) is 2.27. The number of carbonyl (C=O) groups excluding carboxylic acids is 1. The van der Waals surface area contributed by atoms with E-state index in [4.69, 9.17) is 4.74 Å². The average Bonchev–Trinajstić information content (AvgIpc) is 3.04. The molecule has 1 heterocycles. The zero-order valence-corrected chi connectivity index (χ0v) is 11.2. The molecule has 3 atom stereocenters. The second kappa shape index (κ2) is 5.21. The number of hydrogen-bond acceptors (Lipinski definition) is 3. The van der Waals surface area contributed by atoms with Crippen molar-refractivity contribution in [3.63, 3.8) is 0 Å². The molecule has 0 radical (unpaired) electrons. The van der Waals surface area contributed by atoms with Gasteiger partial charge in [0.2, 0.25) is 0 Å². The van der Waals surface area contributed by atoms with Crippen LogP contribution in [0, 0.1) is 5.92 Å². The summed E-state index contributed by atoms with van der Waals surface area (Å²) in [4.78, 5) is 13.5. The van der Waals surface area contributed by atoms with E-state index in [-0.39, 0.29) is 6.09 Å². The number of piperidine rings is 1. The van der Waals surface area contributed by atoms with Crippen molar-refractivity contribution in [2.75, 3.05) is 13.6 Å². The van der Waals surface area contributed by atoms with Gasteiger partial charge in [0.05, 0.1) is 0 Å². The van der Waals surface area contributed by atoms with Gasteiger partial charge in [0.25, 0.3) is 0 Å². The second-order valence-electron chi connectivity index (χ2n) is 5.62. The highest BCUT2D eigenvalue weighted by molar-refractivity contribution is 5.67. The molecular weight excluding hydrogens is 240 g/mol.